The Labute approximate surface area is 137 Å². The maximum absolute atomic E-state index is 12.3. The van der Waals surface area contributed by atoms with Gasteiger partial charge in [0.2, 0.25) is 0 Å². The van der Waals surface area contributed by atoms with Gasteiger partial charge in [-0.25, -0.2) is 8.78 Å². The van der Waals surface area contributed by atoms with Gasteiger partial charge in [0.05, 0.1) is 12.7 Å². The third-order valence-electron chi connectivity index (χ3n) is 4.42. The summed E-state index contributed by atoms with van der Waals surface area (Å²) >= 11 is 0. The largest absolute Gasteiger partial charge is 0.216 e. The molecule has 1 fully saturated rings. The van der Waals surface area contributed by atoms with Crippen LogP contribution in [0.1, 0.15) is 67.2 Å². The third-order valence-corrected chi connectivity index (χ3v) is 4.42. The molecule has 0 spiro atoms. The minimum Gasteiger partial charge on any atom is -0.216 e. The normalized spacial score (nSPS) is 26.4. The van der Waals surface area contributed by atoms with Gasteiger partial charge < -0.3 is 0 Å². The van der Waals surface area contributed by atoms with Crippen molar-refractivity contribution in [3.63, 3.8) is 0 Å². The zero-order chi connectivity index (χ0) is 17.5. The molecule has 0 aromatic carbocycles. The maximum Gasteiger partial charge on any atom is 0.0869 e. The second kappa shape index (κ2) is 15.0. The van der Waals surface area contributed by atoms with Crippen molar-refractivity contribution in [1.29, 1.82) is 0 Å². The van der Waals surface area contributed by atoms with Crippen LogP contribution >= 0.6 is 0 Å². The van der Waals surface area contributed by atoms with Gasteiger partial charge in [0.1, 0.15) is 0 Å². The fourth-order valence-corrected chi connectivity index (χ4v) is 3.29. The first-order valence-electron chi connectivity index (χ1n) is 8.64. The lowest BCUT2D eigenvalue weighted by atomic mass is 9.71. The summed E-state index contributed by atoms with van der Waals surface area (Å²) in [7, 11) is 0. The predicted molar refractivity (Wildman–Crippen MR) is 96.1 cm³/mol. The van der Waals surface area contributed by atoms with Crippen LogP contribution < -0.4 is 0 Å². The van der Waals surface area contributed by atoms with E-state index in [9.17, 15) is 8.78 Å². The lowest BCUT2D eigenvalue weighted by Gasteiger charge is -2.34. The van der Waals surface area contributed by atoms with Crippen LogP contribution in [0.4, 0.5) is 8.78 Å². The van der Waals surface area contributed by atoms with Crippen LogP contribution in [0.3, 0.4) is 0 Å². The van der Waals surface area contributed by atoms with E-state index in [1.54, 1.807) is 6.08 Å². The van der Waals surface area contributed by atoms with E-state index in [2.05, 4.69) is 27.4 Å². The lowest BCUT2D eigenvalue weighted by Crippen LogP contribution is -2.23. The average molecular weight is 315 g/mol. The Hall–Kier alpha value is -0.920. The molecule has 1 aliphatic rings. The molecular weight excluding hydrogens is 278 g/mol. The number of rotatable bonds is 4. The van der Waals surface area contributed by atoms with Gasteiger partial charge in [0, 0.05) is 0 Å². The van der Waals surface area contributed by atoms with Crippen LogP contribution in [-0.2, 0) is 0 Å². The van der Waals surface area contributed by atoms with Crippen LogP contribution in [0.5, 0.6) is 0 Å². The van der Waals surface area contributed by atoms with Gasteiger partial charge in [-0.3, -0.25) is 0 Å². The number of halogens is 2. The van der Waals surface area contributed by atoms with Crippen molar-refractivity contribution in [3.05, 3.63) is 37.0 Å². The molecule has 1 rings (SSSR count). The van der Waals surface area contributed by atoms with Crippen molar-refractivity contribution < 1.29 is 8.78 Å². The smallest absolute Gasteiger partial charge is 0.0869 e. The molecule has 0 nitrogen and oxygen atoms in total. The molecule has 0 saturated heterocycles. The molecule has 0 heterocycles. The fraction of sp³-hybridized carbons (Fsp3) is 0.700. The van der Waals surface area contributed by atoms with E-state index in [1.165, 1.54) is 25.7 Å². The highest BCUT2D eigenvalue weighted by atomic mass is 19.1. The molecule has 0 aliphatic heterocycles. The summed E-state index contributed by atoms with van der Waals surface area (Å²) in [6, 6.07) is 0. The summed E-state index contributed by atoms with van der Waals surface area (Å²) < 4.78 is 22.3. The summed E-state index contributed by atoms with van der Waals surface area (Å²) in [4.78, 5) is 0. The van der Waals surface area contributed by atoms with Gasteiger partial charge >= 0.3 is 0 Å². The first kappa shape index (κ1) is 23.3. The van der Waals surface area contributed by atoms with Crippen LogP contribution in [0.25, 0.3) is 0 Å². The molecule has 0 radical (unpaired) electrons. The highest BCUT2D eigenvalue weighted by Gasteiger charge is 2.26. The van der Waals surface area contributed by atoms with E-state index in [-0.39, 0.29) is 6.33 Å². The van der Waals surface area contributed by atoms with E-state index in [1.807, 2.05) is 26.8 Å². The quantitative estimate of drug-likeness (QED) is 0.468. The van der Waals surface area contributed by atoms with Gasteiger partial charge in [0.15, 0.2) is 0 Å². The summed E-state index contributed by atoms with van der Waals surface area (Å²) in [6.07, 6.45) is 9.85. The van der Waals surface area contributed by atoms with Crippen LogP contribution in [0.15, 0.2) is 37.0 Å². The van der Waals surface area contributed by atoms with Crippen LogP contribution in [0, 0.1) is 23.7 Å². The molecule has 0 aromatic heterocycles. The lowest BCUT2D eigenvalue weighted by molar-refractivity contribution is 0.182. The number of hydrogen-bond donors (Lipinski definition) is 0. The highest BCUT2D eigenvalue weighted by Crippen LogP contribution is 2.38. The Morgan fingerprint density at radius 2 is 1.77 bits per heavy atom. The summed E-state index contributed by atoms with van der Waals surface area (Å²) in [6.45, 7) is 15.7. The molecule has 0 bridgehead atoms. The van der Waals surface area contributed by atoms with Gasteiger partial charge in [0.25, 0.3) is 0 Å². The van der Waals surface area contributed by atoms with E-state index >= 15 is 0 Å². The summed E-state index contributed by atoms with van der Waals surface area (Å²) in [5.41, 5.74) is 1.14. The van der Waals surface area contributed by atoms with Gasteiger partial charge in [-0.05, 0) is 61.5 Å². The van der Waals surface area contributed by atoms with Crippen molar-refractivity contribution >= 4 is 0 Å². The summed E-state index contributed by atoms with van der Waals surface area (Å²) in [5, 5.41) is 0. The average Bonchev–Trinajstić information content (AvgIpc) is 2.50. The Balaban J connectivity index is 0. The Kier molecular flexibility index (Phi) is 15.9. The van der Waals surface area contributed by atoms with Crippen molar-refractivity contribution in [3.8, 4) is 0 Å². The zero-order valence-electron chi connectivity index (χ0n) is 15.4. The Bertz CT molecular complexity index is 318. The van der Waals surface area contributed by atoms with Crippen LogP contribution in [0.2, 0.25) is 0 Å². The van der Waals surface area contributed by atoms with Gasteiger partial charge in [-0.2, -0.15) is 0 Å². The molecule has 0 aromatic rings. The Morgan fingerprint density at radius 3 is 2.18 bits per heavy atom. The molecule has 4 atom stereocenters. The first-order chi connectivity index (χ1) is 10.5. The van der Waals surface area contributed by atoms with Crippen molar-refractivity contribution in [1.82, 2.24) is 0 Å². The topological polar surface area (TPSA) is 0 Å². The minimum atomic E-state index is 0.250. The standard InChI is InChI=1S/C16H27F.C2H3F.C2H6/c1-5-15(8-9-17)14(4)11-16-7-6-12(2)10-13(16)3;1-2-3;1-2/h5,8-9,12-14,16H,6-7,10-11H2,1-4H3;2H,1H2;1-2H3/b9-8+,15-5+;;. The zero-order valence-corrected chi connectivity index (χ0v) is 15.4. The highest BCUT2D eigenvalue weighted by molar-refractivity contribution is 5.19. The molecule has 4 unspecified atom stereocenters. The fourth-order valence-electron chi connectivity index (χ4n) is 3.29. The molecule has 0 amide bonds. The summed E-state index contributed by atoms with van der Waals surface area (Å²) in [5.74, 6) is 3.02. The van der Waals surface area contributed by atoms with Crippen LogP contribution in [-0.4, -0.2) is 0 Å². The van der Waals surface area contributed by atoms with Crippen molar-refractivity contribution in [2.45, 2.75) is 67.2 Å². The molecule has 0 N–H and O–H groups in total. The SMILES string of the molecule is C/C=C(\C=C\F)C(C)CC1CCC(C)CC1C.C=CF.CC. The van der Waals surface area contributed by atoms with Crippen molar-refractivity contribution in [2.75, 3.05) is 0 Å². The molecule has 1 aliphatic carbocycles. The first-order valence-corrected chi connectivity index (χ1v) is 8.64. The van der Waals surface area contributed by atoms with E-state index in [0.29, 0.717) is 12.2 Å². The van der Waals surface area contributed by atoms with Crippen molar-refractivity contribution in [2.24, 2.45) is 23.7 Å². The molecule has 130 valence electrons. The third kappa shape index (κ3) is 9.92. The molecule has 1 saturated carbocycles. The van der Waals surface area contributed by atoms with E-state index in [4.69, 9.17) is 0 Å². The molecule has 2 heteroatoms. The Morgan fingerprint density at radius 1 is 1.23 bits per heavy atom. The second-order valence-electron chi connectivity index (χ2n) is 6.03. The molecule has 22 heavy (non-hydrogen) atoms. The maximum atomic E-state index is 12.3. The second-order valence-corrected chi connectivity index (χ2v) is 6.03. The number of hydrogen-bond acceptors (Lipinski definition) is 0. The molecular formula is C20H36F2. The predicted octanol–water partition coefficient (Wildman–Crippen LogP) is 7.64. The van der Waals surface area contributed by atoms with Gasteiger partial charge in [-0.1, -0.05) is 53.7 Å². The van der Waals surface area contributed by atoms with Gasteiger partial charge in [-0.15, -0.1) is 0 Å². The van der Waals surface area contributed by atoms with E-state index < -0.39 is 0 Å². The van der Waals surface area contributed by atoms with E-state index in [0.717, 1.165) is 23.3 Å². The number of allylic oxidation sites excluding steroid dienone is 3. The minimum absolute atomic E-state index is 0.250. The monoisotopic (exact) mass is 314 g/mol.